The van der Waals surface area contributed by atoms with Gasteiger partial charge in [0.1, 0.15) is 5.82 Å². The van der Waals surface area contributed by atoms with Gasteiger partial charge in [0.2, 0.25) is 0 Å². The Kier molecular flexibility index (Phi) is 2.08. The molecule has 3 heterocycles. The topological polar surface area (TPSA) is 27.7 Å². The van der Waals surface area contributed by atoms with Crippen molar-refractivity contribution < 1.29 is 18.6 Å². The van der Waals surface area contributed by atoms with Gasteiger partial charge in [-0.25, -0.2) is 4.39 Å². The third-order valence-electron chi connectivity index (χ3n) is 3.04. The van der Waals surface area contributed by atoms with E-state index in [0.717, 1.165) is 0 Å². The summed E-state index contributed by atoms with van der Waals surface area (Å²) in [5, 5.41) is 0. The molecule has 3 saturated heterocycles. The molecular formula is C12H13FO3. The van der Waals surface area contributed by atoms with Crippen LogP contribution in [0.3, 0.4) is 0 Å². The molecule has 86 valence electrons. The fourth-order valence-electron chi connectivity index (χ4n) is 2.00. The molecule has 0 saturated carbocycles. The number of fused-ring (bicyclic) bond motifs is 3. The molecule has 1 aromatic carbocycles. The zero-order valence-corrected chi connectivity index (χ0v) is 9.03. The molecule has 0 atom stereocenters. The molecular weight excluding hydrogens is 211 g/mol. The number of rotatable bonds is 1. The highest BCUT2D eigenvalue weighted by molar-refractivity contribution is 5.21. The van der Waals surface area contributed by atoms with Crippen molar-refractivity contribution in [1.82, 2.24) is 0 Å². The summed E-state index contributed by atoms with van der Waals surface area (Å²) in [7, 11) is 0. The number of halogens is 1. The lowest BCUT2D eigenvalue weighted by molar-refractivity contribution is -0.478. The molecule has 3 fully saturated rings. The second kappa shape index (κ2) is 3.26. The quantitative estimate of drug-likeness (QED) is 0.730. The Bertz CT molecular complexity index is 394. The van der Waals surface area contributed by atoms with Crippen molar-refractivity contribution in [3.8, 4) is 0 Å². The Labute approximate surface area is 93.1 Å². The fourth-order valence-corrected chi connectivity index (χ4v) is 2.00. The van der Waals surface area contributed by atoms with E-state index in [2.05, 4.69) is 0 Å². The standard InChI is InChI=1S/C12H13FO3/c1-11-6-14-12(15-7-11,16-8-11)9-4-2-3-5-10(9)13/h2-5H,6-8H2,1H3. The van der Waals surface area contributed by atoms with Gasteiger partial charge in [-0.2, -0.15) is 0 Å². The van der Waals surface area contributed by atoms with Crippen LogP contribution in [0.5, 0.6) is 0 Å². The predicted molar refractivity (Wildman–Crippen MR) is 54.0 cm³/mol. The minimum atomic E-state index is -1.33. The summed E-state index contributed by atoms with van der Waals surface area (Å²) in [5.74, 6) is -1.70. The maximum atomic E-state index is 13.7. The maximum Gasteiger partial charge on any atom is 0.314 e. The van der Waals surface area contributed by atoms with Gasteiger partial charge in [-0.3, -0.25) is 0 Å². The fraction of sp³-hybridized carbons (Fsp3) is 0.500. The molecule has 3 nitrogen and oxygen atoms in total. The first-order chi connectivity index (χ1) is 7.64. The second-order valence-electron chi connectivity index (χ2n) is 4.71. The van der Waals surface area contributed by atoms with Gasteiger partial charge in [0.05, 0.1) is 25.4 Å². The second-order valence-corrected chi connectivity index (χ2v) is 4.71. The zero-order valence-electron chi connectivity index (χ0n) is 9.03. The van der Waals surface area contributed by atoms with E-state index in [4.69, 9.17) is 14.2 Å². The number of hydrogen-bond donors (Lipinski definition) is 0. The van der Waals surface area contributed by atoms with E-state index in [0.29, 0.717) is 25.4 Å². The molecule has 1 aromatic rings. The molecule has 0 aliphatic carbocycles. The summed E-state index contributed by atoms with van der Waals surface area (Å²) < 4.78 is 30.3. The van der Waals surface area contributed by atoms with E-state index in [1.54, 1.807) is 18.2 Å². The molecule has 0 aromatic heterocycles. The SMILES string of the molecule is CC12COC(c3ccccc3F)(OC1)OC2. The average Bonchev–Trinajstić information content (AvgIpc) is 2.31. The van der Waals surface area contributed by atoms with Gasteiger partial charge in [-0.1, -0.05) is 19.1 Å². The number of benzene rings is 1. The predicted octanol–water partition coefficient (Wildman–Crippen LogP) is 2.02. The van der Waals surface area contributed by atoms with Crippen molar-refractivity contribution in [3.63, 3.8) is 0 Å². The normalized spacial score (nSPS) is 37.6. The first-order valence-corrected chi connectivity index (χ1v) is 5.31. The van der Waals surface area contributed by atoms with Crippen LogP contribution in [0.1, 0.15) is 12.5 Å². The van der Waals surface area contributed by atoms with Gasteiger partial charge in [0.25, 0.3) is 0 Å². The van der Waals surface area contributed by atoms with Gasteiger partial charge < -0.3 is 14.2 Å². The van der Waals surface area contributed by atoms with Gasteiger partial charge >= 0.3 is 5.97 Å². The zero-order chi connectivity index (χ0) is 11.2. The molecule has 0 amide bonds. The van der Waals surface area contributed by atoms with E-state index >= 15 is 0 Å². The highest BCUT2D eigenvalue weighted by Crippen LogP contribution is 2.44. The van der Waals surface area contributed by atoms with E-state index < -0.39 is 5.97 Å². The summed E-state index contributed by atoms with van der Waals surface area (Å²) in [5.41, 5.74) is 0.212. The van der Waals surface area contributed by atoms with E-state index in [1.807, 2.05) is 6.92 Å². The van der Waals surface area contributed by atoms with Crippen LogP contribution in [0, 0.1) is 11.2 Å². The molecule has 4 heteroatoms. The lowest BCUT2D eigenvalue weighted by Crippen LogP contribution is -2.57. The monoisotopic (exact) mass is 224 g/mol. The first-order valence-electron chi connectivity index (χ1n) is 5.31. The molecule has 16 heavy (non-hydrogen) atoms. The average molecular weight is 224 g/mol. The van der Waals surface area contributed by atoms with Crippen LogP contribution in [0.4, 0.5) is 4.39 Å². The van der Waals surface area contributed by atoms with Crippen molar-refractivity contribution in [2.75, 3.05) is 19.8 Å². The molecule has 4 rings (SSSR count). The van der Waals surface area contributed by atoms with Crippen LogP contribution in [0.2, 0.25) is 0 Å². The Morgan fingerprint density at radius 1 is 1.06 bits per heavy atom. The van der Waals surface area contributed by atoms with Gasteiger partial charge in [-0.05, 0) is 12.1 Å². The first kappa shape index (κ1) is 10.2. The van der Waals surface area contributed by atoms with Crippen molar-refractivity contribution in [2.24, 2.45) is 5.41 Å². The number of hydrogen-bond acceptors (Lipinski definition) is 3. The van der Waals surface area contributed by atoms with Crippen molar-refractivity contribution in [2.45, 2.75) is 12.9 Å². The van der Waals surface area contributed by atoms with Crippen LogP contribution in [-0.4, -0.2) is 19.8 Å². The van der Waals surface area contributed by atoms with E-state index in [-0.39, 0.29) is 11.2 Å². The van der Waals surface area contributed by atoms with Crippen LogP contribution < -0.4 is 0 Å². The Hall–Kier alpha value is -0.970. The number of ether oxygens (including phenoxy) is 3. The van der Waals surface area contributed by atoms with Gasteiger partial charge in [0, 0.05) is 5.41 Å². The summed E-state index contributed by atoms with van der Waals surface area (Å²) in [6.45, 7) is 3.61. The van der Waals surface area contributed by atoms with Crippen LogP contribution in [0.25, 0.3) is 0 Å². The largest absolute Gasteiger partial charge is 0.323 e. The Morgan fingerprint density at radius 3 is 2.19 bits per heavy atom. The Balaban J connectivity index is 1.99. The summed E-state index contributed by atoms with van der Waals surface area (Å²) in [4.78, 5) is 0. The molecule has 3 aliphatic rings. The lowest BCUT2D eigenvalue weighted by atomic mass is 9.91. The molecule has 0 spiro atoms. The summed E-state index contributed by atoms with van der Waals surface area (Å²) in [6.07, 6.45) is 0. The highest BCUT2D eigenvalue weighted by Gasteiger charge is 2.52. The third kappa shape index (κ3) is 1.38. The van der Waals surface area contributed by atoms with Crippen molar-refractivity contribution >= 4 is 0 Å². The molecule has 0 N–H and O–H groups in total. The third-order valence-corrected chi connectivity index (χ3v) is 3.04. The molecule has 2 bridgehead atoms. The molecule has 0 unspecified atom stereocenters. The van der Waals surface area contributed by atoms with Crippen LogP contribution in [0.15, 0.2) is 24.3 Å². The van der Waals surface area contributed by atoms with Crippen molar-refractivity contribution in [3.05, 3.63) is 35.6 Å². The Morgan fingerprint density at radius 2 is 1.62 bits per heavy atom. The van der Waals surface area contributed by atoms with E-state index in [1.165, 1.54) is 6.07 Å². The van der Waals surface area contributed by atoms with Crippen LogP contribution >= 0.6 is 0 Å². The van der Waals surface area contributed by atoms with Crippen molar-refractivity contribution in [1.29, 1.82) is 0 Å². The highest BCUT2D eigenvalue weighted by atomic mass is 19.1. The maximum absolute atomic E-state index is 13.7. The summed E-state index contributed by atoms with van der Waals surface area (Å²) in [6, 6.07) is 6.38. The van der Waals surface area contributed by atoms with E-state index in [9.17, 15) is 4.39 Å². The molecule has 0 radical (unpaired) electrons. The minimum Gasteiger partial charge on any atom is -0.323 e. The van der Waals surface area contributed by atoms with Gasteiger partial charge in [-0.15, -0.1) is 0 Å². The lowest BCUT2D eigenvalue weighted by Gasteiger charge is -2.50. The molecule has 3 aliphatic heterocycles. The van der Waals surface area contributed by atoms with Gasteiger partial charge in [0.15, 0.2) is 0 Å². The summed E-state index contributed by atoms with van der Waals surface area (Å²) >= 11 is 0. The smallest absolute Gasteiger partial charge is 0.314 e. The minimum absolute atomic E-state index is 0.104. The van der Waals surface area contributed by atoms with Crippen LogP contribution in [-0.2, 0) is 20.2 Å².